The third-order valence-electron chi connectivity index (χ3n) is 3.93. The zero-order valence-electron chi connectivity index (χ0n) is 17.0. The van der Waals surface area contributed by atoms with Gasteiger partial charge >= 0.3 is 0 Å². The fourth-order valence-electron chi connectivity index (χ4n) is 2.60. The molecular weight excluding hydrogens is 468 g/mol. The van der Waals surface area contributed by atoms with Crippen molar-refractivity contribution in [2.24, 2.45) is 0 Å². The van der Waals surface area contributed by atoms with Crippen LogP contribution in [-0.2, 0) is 9.59 Å². The molecule has 0 spiro atoms. The first-order chi connectivity index (χ1) is 16.0. The molecule has 0 fully saturated rings. The maximum atomic E-state index is 12.3. The fraction of sp³-hybridized carbons (Fsp3) is 0.100. The van der Waals surface area contributed by atoms with Crippen LogP contribution < -0.4 is 16.0 Å². The molecular formula is C20H16N6O5S2. The summed E-state index contributed by atoms with van der Waals surface area (Å²) in [5.41, 5.74) is 1.20. The van der Waals surface area contributed by atoms with E-state index in [2.05, 4.69) is 31.3 Å². The molecule has 0 saturated heterocycles. The number of carbonyl (C=O) groups is 3. The number of aromatic nitrogens is 3. The summed E-state index contributed by atoms with van der Waals surface area (Å²) < 4.78 is 10.8. The van der Waals surface area contributed by atoms with Gasteiger partial charge in [0.25, 0.3) is 5.91 Å². The highest BCUT2D eigenvalue weighted by Crippen LogP contribution is 2.27. The molecule has 0 aliphatic carbocycles. The molecule has 0 bridgehead atoms. The molecule has 0 saturated carbocycles. The summed E-state index contributed by atoms with van der Waals surface area (Å²) in [7, 11) is 0. The van der Waals surface area contributed by atoms with E-state index in [1.807, 2.05) is 0 Å². The predicted octanol–water partition coefficient (Wildman–Crippen LogP) is 3.73. The Bertz CT molecular complexity index is 1280. The molecule has 4 aromatic rings. The largest absolute Gasteiger partial charge is 0.461 e. The first-order valence-electron chi connectivity index (χ1n) is 9.42. The third kappa shape index (κ3) is 6.05. The molecule has 0 aliphatic heterocycles. The number of anilines is 3. The number of furan rings is 1. The molecule has 11 nitrogen and oxygen atoms in total. The lowest BCUT2D eigenvalue weighted by Gasteiger charge is -2.07. The van der Waals surface area contributed by atoms with Crippen molar-refractivity contribution in [1.29, 1.82) is 0 Å². The molecule has 3 heterocycles. The summed E-state index contributed by atoms with van der Waals surface area (Å²) in [6.45, 7) is 1.41. The average Bonchev–Trinajstić information content (AvgIpc) is 3.53. The second-order valence-corrected chi connectivity index (χ2v) is 8.68. The molecule has 0 atom stereocenters. The quantitative estimate of drug-likeness (QED) is 0.251. The zero-order chi connectivity index (χ0) is 23.2. The monoisotopic (exact) mass is 484 g/mol. The molecule has 3 aromatic heterocycles. The minimum Gasteiger partial charge on any atom is -0.461 e. The molecule has 3 amide bonds. The van der Waals surface area contributed by atoms with Crippen LogP contribution in [0.25, 0.3) is 11.5 Å². The van der Waals surface area contributed by atoms with Gasteiger partial charge in [0.15, 0.2) is 15.8 Å². The van der Waals surface area contributed by atoms with E-state index >= 15 is 0 Å². The zero-order valence-corrected chi connectivity index (χ0v) is 18.7. The van der Waals surface area contributed by atoms with Gasteiger partial charge in [0, 0.05) is 24.4 Å². The van der Waals surface area contributed by atoms with Gasteiger partial charge in [0.05, 0.1) is 12.0 Å². The number of benzene rings is 1. The van der Waals surface area contributed by atoms with Crippen molar-refractivity contribution in [3.8, 4) is 11.5 Å². The summed E-state index contributed by atoms with van der Waals surface area (Å²) in [5, 5.41) is 19.8. The van der Waals surface area contributed by atoms with E-state index in [1.165, 1.54) is 31.0 Å². The number of nitrogens with one attached hydrogen (secondary N) is 3. The van der Waals surface area contributed by atoms with Crippen LogP contribution in [0.1, 0.15) is 17.4 Å². The van der Waals surface area contributed by atoms with Crippen LogP contribution >= 0.6 is 23.1 Å². The summed E-state index contributed by atoms with van der Waals surface area (Å²) in [6, 6.07) is 11.7. The lowest BCUT2D eigenvalue weighted by Crippen LogP contribution is -2.14. The van der Waals surface area contributed by atoms with Gasteiger partial charge in [-0.2, -0.15) is 0 Å². The number of nitrogens with zero attached hydrogens (tertiary/aromatic N) is 3. The van der Waals surface area contributed by atoms with Gasteiger partial charge in [-0.1, -0.05) is 34.3 Å². The number of thioether (sulfide) groups is 1. The van der Waals surface area contributed by atoms with Gasteiger partial charge in [0.1, 0.15) is 0 Å². The first-order valence-corrected chi connectivity index (χ1v) is 11.2. The minimum absolute atomic E-state index is 0.0617. The number of hydrogen-bond donors (Lipinski definition) is 3. The van der Waals surface area contributed by atoms with E-state index in [4.69, 9.17) is 8.94 Å². The molecule has 33 heavy (non-hydrogen) atoms. The van der Waals surface area contributed by atoms with Crippen molar-refractivity contribution in [2.45, 2.75) is 11.3 Å². The van der Waals surface area contributed by atoms with Gasteiger partial charge in [0.2, 0.25) is 22.7 Å². The Labute approximate surface area is 194 Å². The third-order valence-corrected chi connectivity index (χ3v) is 5.90. The first kappa shape index (κ1) is 22.2. The lowest BCUT2D eigenvalue weighted by molar-refractivity contribution is -0.114. The van der Waals surface area contributed by atoms with E-state index in [1.54, 1.807) is 36.4 Å². The maximum Gasteiger partial charge on any atom is 0.279 e. The van der Waals surface area contributed by atoms with Crippen LogP contribution in [-0.4, -0.2) is 38.8 Å². The van der Waals surface area contributed by atoms with Gasteiger partial charge in [-0.25, -0.2) is 0 Å². The molecule has 168 valence electrons. The lowest BCUT2D eigenvalue weighted by atomic mass is 10.2. The molecule has 0 unspecified atom stereocenters. The van der Waals surface area contributed by atoms with Gasteiger partial charge in [-0.15, -0.1) is 10.2 Å². The van der Waals surface area contributed by atoms with Crippen LogP contribution in [0.5, 0.6) is 0 Å². The molecule has 0 aliphatic rings. The van der Waals surface area contributed by atoms with Crippen molar-refractivity contribution in [3.63, 3.8) is 0 Å². The SMILES string of the molecule is CC(=O)Nc1cccc(NC(=O)CSc2nnc(NC(=O)c3cc(-c4ccco4)on3)s2)c1. The number of hydrogen-bond acceptors (Lipinski definition) is 10. The molecule has 13 heteroatoms. The van der Waals surface area contributed by atoms with Crippen molar-refractivity contribution in [3.05, 3.63) is 54.4 Å². The highest BCUT2D eigenvalue weighted by Gasteiger charge is 2.17. The maximum absolute atomic E-state index is 12.3. The van der Waals surface area contributed by atoms with Crippen molar-refractivity contribution < 1.29 is 23.3 Å². The van der Waals surface area contributed by atoms with Crippen molar-refractivity contribution in [2.75, 3.05) is 21.7 Å². The molecule has 3 N–H and O–H groups in total. The van der Waals surface area contributed by atoms with Crippen LogP contribution in [0.4, 0.5) is 16.5 Å². The van der Waals surface area contributed by atoms with Crippen molar-refractivity contribution in [1.82, 2.24) is 15.4 Å². The van der Waals surface area contributed by atoms with E-state index in [-0.39, 0.29) is 28.4 Å². The summed E-state index contributed by atoms with van der Waals surface area (Å²) in [5.74, 6) is -0.101. The second-order valence-electron chi connectivity index (χ2n) is 6.48. The van der Waals surface area contributed by atoms with Crippen LogP contribution in [0, 0.1) is 0 Å². The van der Waals surface area contributed by atoms with E-state index in [0.717, 1.165) is 11.3 Å². The van der Waals surface area contributed by atoms with E-state index in [9.17, 15) is 14.4 Å². The number of carbonyl (C=O) groups excluding carboxylic acids is 3. The fourth-order valence-corrected chi connectivity index (χ4v) is 4.15. The number of rotatable bonds is 8. The average molecular weight is 485 g/mol. The summed E-state index contributed by atoms with van der Waals surface area (Å²) in [4.78, 5) is 35.7. The Hall–Kier alpha value is -3.97. The van der Waals surface area contributed by atoms with Crippen LogP contribution in [0.3, 0.4) is 0 Å². The Morgan fingerprint density at radius 1 is 1.00 bits per heavy atom. The molecule has 0 radical (unpaired) electrons. The molecule has 1 aromatic carbocycles. The molecule has 4 rings (SSSR count). The van der Waals surface area contributed by atoms with E-state index < -0.39 is 5.91 Å². The van der Waals surface area contributed by atoms with Crippen molar-refractivity contribution >= 4 is 57.3 Å². The van der Waals surface area contributed by atoms with Crippen LogP contribution in [0.2, 0.25) is 0 Å². The predicted molar refractivity (Wildman–Crippen MR) is 122 cm³/mol. The standard InChI is InChI=1S/C20H16N6O5S2/c1-11(27)21-12-4-2-5-13(8-12)22-17(28)10-32-20-25-24-19(33-20)23-18(29)14-9-16(31-26-14)15-6-3-7-30-15/h2-9H,10H2,1H3,(H,21,27)(H,22,28)(H,23,24,29). The van der Waals surface area contributed by atoms with Gasteiger partial charge in [-0.3, -0.25) is 19.7 Å². The summed E-state index contributed by atoms with van der Waals surface area (Å²) in [6.07, 6.45) is 1.49. The highest BCUT2D eigenvalue weighted by molar-refractivity contribution is 8.01. The van der Waals surface area contributed by atoms with Crippen LogP contribution in [0.15, 0.2) is 62.0 Å². The second kappa shape index (κ2) is 10.1. The minimum atomic E-state index is -0.513. The van der Waals surface area contributed by atoms with Gasteiger partial charge < -0.3 is 19.6 Å². The van der Waals surface area contributed by atoms with E-state index in [0.29, 0.717) is 27.2 Å². The van der Waals surface area contributed by atoms with Gasteiger partial charge in [-0.05, 0) is 30.3 Å². The number of amides is 3. The topological polar surface area (TPSA) is 152 Å². The smallest absolute Gasteiger partial charge is 0.279 e. The Morgan fingerprint density at radius 2 is 1.82 bits per heavy atom. The normalized spacial score (nSPS) is 10.6. The Kier molecular flexibility index (Phi) is 6.80. The highest BCUT2D eigenvalue weighted by atomic mass is 32.2. The summed E-state index contributed by atoms with van der Waals surface area (Å²) >= 11 is 2.30. The Morgan fingerprint density at radius 3 is 2.58 bits per heavy atom. The Balaban J connectivity index is 1.28.